The maximum Gasteiger partial charge on any atom is 0.221 e. The summed E-state index contributed by atoms with van der Waals surface area (Å²) in [4.78, 5) is 11.2. The molecule has 98 valence electrons. The molecule has 0 saturated carbocycles. The smallest absolute Gasteiger partial charge is 0.221 e. The molecule has 7 heteroatoms. The second-order valence-corrected chi connectivity index (χ2v) is 5.63. The van der Waals surface area contributed by atoms with Crippen LogP contribution in [0.25, 0.3) is 0 Å². The van der Waals surface area contributed by atoms with E-state index in [0.717, 1.165) is 10.0 Å². The molecule has 0 saturated heterocycles. The number of hydrogen-bond donors (Lipinski definition) is 2. The third kappa shape index (κ3) is 5.43. The summed E-state index contributed by atoms with van der Waals surface area (Å²) in [6.07, 6.45) is 0.352. The highest BCUT2D eigenvalue weighted by Crippen LogP contribution is 2.25. The molecule has 0 fully saturated rings. The number of amides is 1. The summed E-state index contributed by atoms with van der Waals surface area (Å²) >= 11 is 1.53. The molecule has 0 spiro atoms. The number of nitrogens with one attached hydrogen (secondary N) is 1. The van der Waals surface area contributed by atoms with Gasteiger partial charge in [-0.05, 0) is 0 Å². The van der Waals surface area contributed by atoms with Crippen LogP contribution in [0.2, 0.25) is 0 Å². The maximum atomic E-state index is 11.2. The van der Waals surface area contributed by atoms with Crippen molar-refractivity contribution in [1.82, 2.24) is 15.5 Å². The third-order valence-electron chi connectivity index (χ3n) is 1.92. The highest BCUT2D eigenvalue weighted by molar-refractivity contribution is 7.11. The Morgan fingerprint density at radius 1 is 1.41 bits per heavy atom. The van der Waals surface area contributed by atoms with Gasteiger partial charge in [0.25, 0.3) is 0 Å². The molecule has 1 amide bonds. The van der Waals surface area contributed by atoms with Gasteiger partial charge in [-0.2, -0.15) is 0 Å². The van der Waals surface area contributed by atoms with Crippen LogP contribution < -0.4 is 11.1 Å². The summed E-state index contributed by atoms with van der Waals surface area (Å²) in [5.74, 6) is -0.0463. The molecule has 0 unspecified atom stereocenters. The van der Waals surface area contributed by atoms with Gasteiger partial charge in [-0.15, -0.1) is 22.6 Å². The minimum atomic E-state index is -0.0463. The number of halogens is 1. The van der Waals surface area contributed by atoms with Crippen molar-refractivity contribution < 1.29 is 4.79 Å². The summed E-state index contributed by atoms with van der Waals surface area (Å²) in [6, 6.07) is 0. The van der Waals surface area contributed by atoms with E-state index in [4.69, 9.17) is 5.73 Å². The average molecular weight is 279 g/mol. The first kappa shape index (κ1) is 16.3. The van der Waals surface area contributed by atoms with E-state index in [-0.39, 0.29) is 23.7 Å². The highest BCUT2D eigenvalue weighted by Gasteiger charge is 2.19. The lowest BCUT2D eigenvalue weighted by Crippen LogP contribution is -2.24. The minimum absolute atomic E-state index is 0. The van der Waals surface area contributed by atoms with Gasteiger partial charge < -0.3 is 11.1 Å². The fourth-order valence-corrected chi connectivity index (χ4v) is 1.86. The summed E-state index contributed by atoms with van der Waals surface area (Å²) in [5.41, 5.74) is 5.28. The molecule has 0 aliphatic carbocycles. The molecule has 0 aromatic carbocycles. The van der Waals surface area contributed by atoms with Gasteiger partial charge in [0.05, 0.1) is 6.54 Å². The summed E-state index contributed by atoms with van der Waals surface area (Å²) in [6.45, 7) is 7.07. The first-order valence-electron chi connectivity index (χ1n) is 5.23. The van der Waals surface area contributed by atoms with Crippen LogP contribution in [-0.4, -0.2) is 22.6 Å². The van der Waals surface area contributed by atoms with Crippen molar-refractivity contribution in [1.29, 1.82) is 0 Å². The van der Waals surface area contributed by atoms with Crippen LogP contribution in [0.5, 0.6) is 0 Å². The second-order valence-electron chi connectivity index (χ2n) is 4.57. The Bertz CT molecular complexity index is 361. The van der Waals surface area contributed by atoms with Gasteiger partial charge in [-0.25, -0.2) is 0 Å². The van der Waals surface area contributed by atoms with Gasteiger partial charge in [0.15, 0.2) is 0 Å². The summed E-state index contributed by atoms with van der Waals surface area (Å²) < 4.78 is 0. The number of hydrogen-bond acceptors (Lipinski definition) is 5. The van der Waals surface area contributed by atoms with Crippen LogP contribution >= 0.6 is 23.7 Å². The van der Waals surface area contributed by atoms with E-state index in [0.29, 0.717) is 19.5 Å². The molecular weight excluding hydrogens is 260 g/mol. The Labute approximate surface area is 112 Å². The summed E-state index contributed by atoms with van der Waals surface area (Å²) in [5, 5.41) is 12.7. The van der Waals surface area contributed by atoms with Crippen molar-refractivity contribution in [3.05, 3.63) is 10.0 Å². The van der Waals surface area contributed by atoms with Gasteiger partial charge in [0.2, 0.25) is 5.91 Å². The minimum Gasteiger partial charge on any atom is -0.349 e. The van der Waals surface area contributed by atoms with Gasteiger partial charge in [0, 0.05) is 18.4 Å². The van der Waals surface area contributed by atoms with E-state index in [1.54, 1.807) is 0 Å². The van der Waals surface area contributed by atoms with E-state index >= 15 is 0 Å². The summed E-state index contributed by atoms with van der Waals surface area (Å²) in [7, 11) is 0. The molecule has 1 rings (SSSR count). The maximum absolute atomic E-state index is 11.2. The van der Waals surface area contributed by atoms with E-state index in [1.165, 1.54) is 11.3 Å². The molecule has 3 N–H and O–H groups in total. The molecule has 0 bridgehead atoms. The topological polar surface area (TPSA) is 80.9 Å². The quantitative estimate of drug-likeness (QED) is 0.868. The molecule has 0 radical (unpaired) electrons. The number of rotatable bonds is 4. The van der Waals surface area contributed by atoms with Crippen molar-refractivity contribution in [2.24, 2.45) is 5.73 Å². The zero-order valence-electron chi connectivity index (χ0n) is 10.3. The number of nitrogens with zero attached hydrogens (tertiary/aromatic N) is 2. The van der Waals surface area contributed by atoms with Gasteiger partial charge in [0.1, 0.15) is 10.0 Å². The third-order valence-corrected chi connectivity index (χ3v) is 3.27. The number of aromatic nitrogens is 2. The largest absolute Gasteiger partial charge is 0.349 e. The number of carbonyl (C=O) groups excluding carboxylic acids is 1. The Morgan fingerprint density at radius 3 is 2.53 bits per heavy atom. The molecule has 0 aliphatic heterocycles. The lowest BCUT2D eigenvalue weighted by atomic mass is 9.98. The van der Waals surface area contributed by atoms with Crippen LogP contribution in [0.3, 0.4) is 0 Å². The standard InChI is InChI=1S/C10H18N4OS.ClH/c1-10(2,3)9-14-13-8(16-9)6-12-7(15)4-5-11;/h4-6,11H2,1-3H3,(H,12,15);1H. The first-order chi connectivity index (χ1) is 7.43. The van der Waals surface area contributed by atoms with E-state index in [1.807, 2.05) is 0 Å². The monoisotopic (exact) mass is 278 g/mol. The van der Waals surface area contributed by atoms with Crippen molar-refractivity contribution in [3.63, 3.8) is 0 Å². The van der Waals surface area contributed by atoms with Gasteiger partial charge in [-0.3, -0.25) is 4.79 Å². The van der Waals surface area contributed by atoms with Crippen LogP contribution in [0, 0.1) is 0 Å². The zero-order chi connectivity index (χ0) is 12.2. The van der Waals surface area contributed by atoms with Crippen LogP contribution in [0.1, 0.15) is 37.2 Å². The van der Waals surface area contributed by atoms with Crippen molar-refractivity contribution in [2.75, 3.05) is 6.54 Å². The normalized spacial score (nSPS) is 10.8. The fraction of sp³-hybridized carbons (Fsp3) is 0.700. The highest BCUT2D eigenvalue weighted by atomic mass is 35.5. The van der Waals surface area contributed by atoms with Crippen LogP contribution in [-0.2, 0) is 16.8 Å². The Morgan fingerprint density at radius 2 is 2.06 bits per heavy atom. The Hall–Kier alpha value is -0.720. The van der Waals surface area contributed by atoms with Crippen molar-refractivity contribution in [2.45, 2.75) is 39.2 Å². The van der Waals surface area contributed by atoms with Crippen LogP contribution in [0.15, 0.2) is 0 Å². The van der Waals surface area contributed by atoms with Crippen molar-refractivity contribution in [3.8, 4) is 0 Å². The molecule has 5 nitrogen and oxygen atoms in total. The average Bonchev–Trinajstić information content (AvgIpc) is 2.63. The number of nitrogens with two attached hydrogens (primary N) is 1. The lowest BCUT2D eigenvalue weighted by Gasteiger charge is -2.12. The molecule has 1 aromatic heterocycles. The molecule has 17 heavy (non-hydrogen) atoms. The Kier molecular flexibility index (Phi) is 6.59. The zero-order valence-corrected chi connectivity index (χ0v) is 12.0. The predicted octanol–water partition coefficient (Wildman–Crippen LogP) is 1.22. The van der Waals surface area contributed by atoms with Crippen molar-refractivity contribution >= 4 is 29.7 Å². The predicted molar refractivity (Wildman–Crippen MR) is 71.4 cm³/mol. The van der Waals surface area contributed by atoms with E-state index in [9.17, 15) is 4.79 Å². The first-order valence-corrected chi connectivity index (χ1v) is 6.04. The lowest BCUT2D eigenvalue weighted by molar-refractivity contribution is -0.121. The number of carbonyl (C=O) groups is 1. The SMILES string of the molecule is CC(C)(C)c1nnc(CNC(=O)CCN)s1.Cl. The molecule has 0 aliphatic rings. The Balaban J connectivity index is 0.00000256. The van der Waals surface area contributed by atoms with Gasteiger partial charge >= 0.3 is 0 Å². The van der Waals surface area contributed by atoms with Gasteiger partial charge in [-0.1, -0.05) is 32.1 Å². The van der Waals surface area contributed by atoms with E-state index < -0.39 is 0 Å². The van der Waals surface area contributed by atoms with Crippen LogP contribution in [0.4, 0.5) is 0 Å². The molecular formula is C10H19ClN4OS. The second kappa shape index (κ2) is 6.88. The van der Waals surface area contributed by atoms with E-state index in [2.05, 4.69) is 36.3 Å². The fourth-order valence-electron chi connectivity index (χ4n) is 1.02. The molecule has 0 atom stereocenters. The molecule has 1 heterocycles. The molecule has 1 aromatic rings.